The van der Waals surface area contributed by atoms with Gasteiger partial charge in [0.2, 0.25) is 5.91 Å². The Morgan fingerprint density at radius 1 is 1.25 bits per heavy atom. The average molecular weight is 343 g/mol. The number of carboxylic acids is 1. The lowest BCUT2D eigenvalue weighted by molar-refractivity contribution is -0.126. The van der Waals surface area contributed by atoms with Gasteiger partial charge in [-0.1, -0.05) is 0 Å². The maximum atomic E-state index is 12.3. The summed E-state index contributed by atoms with van der Waals surface area (Å²) in [6.07, 6.45) is 0. The number of hydrogen-bond acceptors (Lipinski definition) is 3. The first-order valence-corrected chi connectivity index (χ1v) is 6.89. The number of halogens is 1. The van der Waals surface area contributed by atoms with E-state index in [0.29, 0.717) is 10.2 Å². The summed E-state index contributed by atoms with van der Waals surface area (Å²) in [6, 6.07) is 4.62. The first-order chi connectivity index (χ1) is 8.96. The number of carbonyl (C=O) groups is 2. The summed E-state index contributed by atoms with van der Waals surface area (Å²) < 4.78 is 0.460. The van der Waals surface area contributed by atoms with Crippen molar-refractivity contribution >= 4 is 33.5 Å². The van der Waals surface area contributed by atoms with Gasteiger partial charge in [0.25, 0.3) is 0 Å². The fraction of sp³-hybridized carbons (Fsp3) is 0.429. The van der Waals surface area contributed by atoms with Gasteiger partial charge >= 0.3 is 5.97 Å². The van der Waals surface area contributed by atoms with Crippen LogP contribution >= 0.6 is 15.9 Å². The Hall–Kier alpha value is -1.40. The molecule has 0 fully saturated rings. The second-order valence-corrected chi connectivity index (χ2v) is 6.65. The number of hydrogen-bond donors (Lipinski definition) is 3. The van der Waals surface area contributed by atoms with Crippen molar-refractivity contribution in [3.8, 4) is 0 Å². The molecule has 0 spiro atoms. The van der Waals surface area contributed by atoms with Crippen LogP contribution in [0.5, 0.6) is 0 Å². The van der Waals surface area contributed by atoms with Gasteiger partial charge in [-0.15, -0.1) is 0 Å². The monoisotopic (exact) mass is 342 g/mol. The number of anilines is 1. The van der Waals surface area contributed by atoms with Crippen LogP contribution in [0, 0.1) is 5.41 Å². The molecular formula is C14H19BrN2O3. The smallest absolute Gasteiger partial charge is 0.336 e. The summed E-state index contributed by atoms with van der Waals surface area (Å²) in [6.45, 7) is 7.05. The molecule has 0 atom stereocenters. The predicted octanol–water partition coefficient (Wildman–Crippen LogP) is 2.85. The van der Waals surface area contributed by atoms with E-state index in [1.54, 1.807) is 39.8 Å². The number of amides is 1. The molecule has 0 saturated heterocycles. The van der Waals surface area contributed by atoms with Crippen molar-refractivity contribution in [2.45, 2.75) is 33.2 Å². The van der Waals surface area contributed by atoms with Gasteiger partial charge in [-0.05, 0) is 61.8 Å². The molecule has 6 heteroatoms. The molecule has 0 aliphatic rings. The minimum Gasteiger partial charge on any atom is -0.478 e. The topological polar surface area (TPSA) is 92.4 Å². The highest BCUT2D eigenvalue weighted by Crippen LogP contribution is 2.30. The predicted molar refractivity (Wildman–Crippen MR) is 81.8 cm³/mol. The number of carboxylic acid groups (broad SMARTS) is 1. The molecule has 110 valence electrons. The van der Waals surface area contributed by atoms with Crippen LogP contribution in [-0.2, 0) is 4.79 Å². The van der Waals surface area contributed by atoms with Crippen molar-refractivity contribution in [3.63, 3.8) is 0 Å². The molecule has 0 unspecified atom stereocenters. The zero-order chi connectivity index (χ0) is 15.7. The van der Waals surface area contributed by atoms with Gasteiger partial charge in [-0.25, -0.2) is 4.79 Å². The number of rotatable bonds is 4. The maximum Gasteiger partial charge on any atom is 0.336 e. The third kappa shape index (κ3) is 3.37. The van der Waals surface area contributed by atoms with Crippen LogP contribution < -0.4 is 11.1 Å². The van der Waals surface area contributed by atoms with Crippen LogP contribution in [-0.4, -0.2) is 22.5 Å². The maximum absolute atomic E-state index is 12.3. The summed E-state index contributed by atoms with van der Waals surface area (Å²) in [5, 5.41) is 11.8. The van der Waals surface area contributed by atoms with Crippen molar-refractivity contribution in [1.82, 2.24) is 0 Å². The summed E-state index contributed by atoms with van der Waals surface area (Å²) in [5.74, 6) is -1.32. The molecule has 1 rings (SSSR count). The average Bonchev–Trinajstić information content (AvgIpc) is 2.29. The van der Waals surface area contributed by atoms with Crippen molar-refractivity contribution in [3.05, 3.63) is 28.2 Å². The Morgan fingerprint density at radius 3 is 2.25 bits per heavy atom. The Morgan fingerprint density at radius 2 is 1.80 bits per heavy atom. The van der Waals surface area contributed by atoms with Crippen molar-refractivity contribution in [2.75, 3.05) is 5.32 Å². The fourth-order valence-electron chi connectivity index (χ4n) is 1.35. The molecule has 0 aromatic heterocycles. The van der Waals surface area contributed by atoms with Gasteiger partial charge < -0.3 is 16.2 Å². The molecule has 0 aliphatic heterocycles. The highest BCUT2D eigenvalue weighted by Gasteiger charge is 2.40. The highest BCUT2D eigenvalue weighted by molar-refractivity contribution is 9.10. The van der Waals surface area contributed by atoms with Crippen LogP contribution in [0.1, 0.15) is 38.1 Å². The number of nitrogens with one attached hydrogen (secondary N) is 1. The van der Waals surface area contributed by atoms with E-state index in [1.807, 2.05) is 0 Å². The molecule has 0 saturated carbocycles. The number of benzene rings is 1. The molecule has 1 amide bonds. The van der Waals surface area contributed by atoms with Crippen LogP contribution in [0.2, 0.25) is 0 Å². The standard InChI is InChI=1S/C14H19BrN2O3/c1-13(2,14(3,4)16)12(20)17-8-5-6-10(15)9(7-8)11(18)19/h5-7H,16H2,1-4H3,(H,17,20)(H,18,19). The van der Waals surface area contributed by atoms with Crippen LogP contribution in [0.15, 0.2) is 22.7 Å². The van der Waals surface area contributed by atoms with Gasteiger partial charge in [0.1, 0.15) is 0 Å². The van der Waals surface area contributed by atoms with E-state index in [-0.39, 0.29) is 11.5 Å². The van der Waals surface area contributed by atoms with E-state index < -0.39 is 16.9 Å². The second kappa shape index (κ2) is 5.54. The molecule has 20 heavy (non-hydrogen) atoms. The third-order valence-electron chi connectivity index (χ3n) is 3.63. The molecule has 1 aromatic carbocycles. The first-order valence-electron chi connectivity index (χ1n) is 6.10. The first kappa shape index (κ1) is 16.7. The Labute approximate surface area is 126 Å². The van der Waals surface area contributed by atoms with E-state index in [1.165, 1.54) is 6.07 Å². The highest BCUT2D eigenvalue weighted by atomic mass is 79.9. The fourth-order valence-corrected chi connectivity index (χ4v) is 1.76. The third-order valence-corrected chi connectivity index (χ3v) is 4.32. The van der Waals surface area contributed by atoms with Gasteiger partial charge in [0, 0.05) is 15.7 Å². The van der Waals surface area contributed by atoms with E-state index in [9.17, 15) is 9.59 Å². The molecule has 0 aliphatic carbocycles. The van der Waals surface area contributed by atoms with E-state index in [2.05, 4.69) is 21.2 Å². The van der Waals surface area contributed by atoms with E-state index >= 15 is 0 Å². The largest absolute Gasteiger partial charge is 0.478 e. The molecule has 5 nitrogen and oxygen atoms in total. The van der Waals surface area contributed by atoms with Crippen LogP contribution in [0.25, 0.3) is 0 Å². The minimum absolute atomic E-state index is 0.0904. The zero-order valence-corrected chi connectivity index (χ0v) is 13.5. The van der Waals surface area contributed by atoms with E-state index in [0.717, 1.165) is 0 Å². The number of carbonyl (C=O) groups excluding carboxylic acids is 1. The summed E-state index contributed by atoms with van der Waals surface area (Å²) in [5.41, 5.74) is 5.01. The Kier molecular flexibility index (Phi) is 4.61. The SMILES string of the molecule is CC(C)(N)C(C)(C)C(=O)Nc1ccc(Br)c(C(=O)O)c1. The normalized spacial score (nSPS) is 12.1. The van der Waals surface area contributed by atoms with Gasteiger partial charge in [-0.2, -0.15) is 0 Å². The van der Waals surface area contributed by atoms with Crippen LogP contribution in [0.4, 0.5) is 5.69 Å². The van der Waals surface area contributed by atoms with Crippen molar-refractivity contribution in [1.29, 1.82) is 0 Å². The van der Waals surface area contributed by atoms with Gasteiger partial charge in [0.15, 0.2) is 0 Å². The van der Waals surface area contributed by atoms with Crippen molar-refractivity contribution < 1.29 is 14.7 Å². The van der Waals surface area contributed by atoms with Crippen molar-refractivity contribution in [2.24, 2.45) is 11.1 Å². The van der Waals surface area contributed by atoms with Gasteiger partial charge in [-0.3, -0.25) is 4.79 Å². The number of nitrogens with two attached hydrogens (primary N) is 1. The Bertz CT molecular complexity index is 548. The quantitative estimate of drug-likeness (QED) is 0.784. The van der Waals surface area contributed by atoms with Gasteiger partial charge in [0.05, 0.1) is 11.0 Å². The molecule has 0 heterocycles. The van der Waals surface area contributed by atoms with E-state index in [4.69, 9.17) is 10.8 Å². The lowest BCUT2D eigenvalue weighted by Gasteiger charge is -2.36. The molecule has 0 bridgehead atoms. The minimum atomic E-state index is -1.06. The molecule has 4 N–H and O–H groups in total. The van der Waals surface area contributed by atoms with Crippen LogP contribution in [0.3, 0.4) is 0 Å². The lowest BCUT2D eigenvalue weighted by Crippen LogP contribution is -2.53. The lowest BCUT2D eigenvalue weighted by atomic mass is 9.74. The summed E-state index contributed by atoms with van der Waals surface area (Å²) in [4.78, 5) is 23.3. The summed E-state index contributed by atoms with van der Waals surface area (Å²) in [7, 11) is 0. The summed E-state index contributed by atoms with van der Waals surface area (Å²) >= 11 is 3.15. The molecular weight excluding hydrogens is 324 g/mol. The molecule has 1 aromatic rings. The Balaban J connectivity index is 3.03. The second-order valence-electron chi connectivity index (χ2n) is 5.80. The number of aromatic carboxylic acids is 1. The molecule has 0 radical (unpaired) electrons. The zero-order valence-electron chi connectivity index (χ0n) is 12.0.